The number of aliphatic hydroxyl groups excluding tert-OH is 1. The van der Waals surface area contributed by atoms with Gasteiger partial charge in [-0.15, -0.1) is 0 Å². The summed E-state index contributed by atoms with van der Waals surface area (Å²) in [7, 11) is 0. The van der Waals surface area contributed by atoms with Gasteiger partial charge in [0, 0.05) is 19.7 Å². The molecule has 1 amide bonds. The largest absolute Gasteiger partial charge is 0.396 e. The summed E-state index contributed by atoms with van der Waals surface area (Å²) in [6, 6.07) is 2.67. The maximum absolute atomic E-state index is 14.4. The number of primary amides is 1. The Morgan fingerprint density at radius 1 is 1.41 bits per heavy atom. The molecule has 3 rings (SSSR count). The molecule has 2 atom stereocenters. The van der Waals surface area contributed by atoms with Gasteiger partial charge in [0.15, 0.2) is 0 Å². The van der Waals surface area contributed by atoms with Crippen LogP contribution in [0, 0.1) is 11.7 Å². The predicted molar refractivity (Wildman–Crippen MR) is 78.7 cm³/mol. The molecule has 0 aromatic heterocycles. The number of morpholine rings is 1. The zero-order valence-corrected chi connectivity index (χ0v) is 12.4. The molecule has 120 valence electrons. The highest BCUT2D eigenvalue weighted by atomic mass is 19.1. The lowest BCUT2D eigenvalue weighted by Crippen LogP contribution is -2.44. The lowest BCUT2D eigenvalue weighted by atomic mass is 9.98. The number of carbonyl (C=O) groups excluding carboxylic acids is 1. The molecule has 1 saturated heterocycles. The third-order valence-electron chi connectivity index (χ3n) is 4.57. The highest BCUT2D eigenvalue weighted by Gasteiger charge is 2.31. The van der Waals surface area contributed by atoms with Crippen LogP contribution < -0.4 is 5.73 Å². The first-order valence-corrected chi connectivity index (χ1v) is 7.63. The van der Waals surface area contributed by atoms with E-state index >= 15 is 0 Å². The van der Waals surface area contributed by atoms with E-state index < -0.39 is 11.9 Å². The second-order valence-electron chi connectivity index (χ2n) is 6.05. The fourth-order valence-corrected chi connectivity index (χ4v) is 3.48. The van der Waals surface area contributed by atoms with Crippen LogP contribution in [0.4, 0.5) is 4.39 Å². The fourth-order valence-electron chi connectivity index (χ4n) is 3.48. The summed E-state index contributed by atoms with van der Waals surface area (Å²) < 4.78 is 19.7. The summed E-state index contributed by atoms with van der Waals surface area (Å²) in [5.41, 5.74) is 7.71. The molecule has 1 heterocycles. The van der Waals surface area contributed by atoms with Crippen LogP contribution in [0.3, 0.4) is 0 Å². The molecule has 6 heteroatoms. The maximum Gasteiger partial charge on any atom is 0.239 e. The SMILES string of the molecule is NC(=O)C(c1cc(F)c2c(c1)CC(CO)C2)N1CCOCC1. The normalized spacial score (nSPS) is 23.3. The van der Waals surface area contributed by atoms with Gasteiger partial charge in [0.1, 0.15) is 11.9 Å². The summed E-state index contributed by atoms with van der Waals surface area (Å²) in [4.78, 5) is 13.8. The van der Waals surface area contributed by atoms with Crippen LogP contribution in [0.5, 0.6) is 0 Å². The lowest BCUT2D eigenvalue weighted by molar-refractivity contribution is -0.125. The molecular weight excluding hydrogens is 287 g/mol. The molecule has 0 radical (unpaired) electrons. The molecule has 1 aliphatic heterocycles. The van der Waals surface area contributed by atoms with Gasteiger partial charge in [0.25, 0.3) is 0 Å². The highest BCUT2D eigenvalue weighted by Crippen LogP contribution is 2.33. The number of aliphatic hydroxyl groups is 1. The molecule has 3 N–H and O–H groups in total. The number of nitrogens with zero attached hydrogens (tertiary/aromatic N) is 1. The third kappa shape index (κ3) is 2.86. The molecule has 1 aromatic rings. The Balaban J connectivity index is 1.92. The van der Waals surface area contributed by atoms with Crippen molar-refractivity contribution in [3.63, 3.8) is 0 Å². The maximum atomic E-state index is 14.4. The number of benzene rings is 1. The third-order valence-corrected chi connectivity index (χ3v) is 4.57. The molecular formula is C16H21FN2O3. The van der Waals surface area contributed by atoms with Crippen LogP contribution in [0.2, 0.25) is 0 Å². The Hall–Kier alpha value is -1.50. The Kier molecular flexibility index (Phi) is 4.42. The van der Waals surface area contributed by atoms with E-state index in [1.807, 2.05) is 11.0 Å². The van der Waals surface area contributed by atoms with E-state index in [4.69, 9.17) is 10.5 Å². The molecule has 2 aliphatic rings. The van der Waals surface area contributed by atoms with E-state index in [1.165, 1.54) is 6.07 Å². The first kappa shape index (κ1) is 15.4. The van der Waals surface area contributed by atoms with Crippen molar-refractivity contribution in [1.29, 1.82) is 0 Å². The van der Waals surface area contributed by atoms with Crippen LogP contribution >= 0.6 is 0 Å². The minimum absolute atomic E-state index is 0.0478. The zero-order valence-electron chi connectivity index (χ0n) is 12.4. The summed E-state index contributed by atoms with van der Waals surface area (Å²) in [6.45, 7) is 2.34. The molecule has 22 heavy (non-hydrogen) atoms. The molecule has 1 aliphatic carbocycles. The van der Waals surface area contributed by atoms with Crippen LogP contribution in [-0.4, -0.2) is 48.8 Å². The van der Waals surface area contributed by atoms with Gasteiger partial charge < -0.3 is 15.6 Å². The van der Waals surface area contributed by atoms with Gasteiger partial charge in [-0.25, -0.2) is 4.39 Å². The van der Waals surface area contributed by atoms with Crippen LogP contribution in [0.15, 0.2) is 12.1 Å². The van der Waals surface area contributed by atoms with Gasteiger partial charge in [0.2, 0.25) is 5.91 Å². The number of hydrogen-bond acceptors (Lipinski definition) is 4. The van der Waals surface area contributed by atoms with Crippen molar-refractivity contribution >= 4 is 5.91 Å². The number of amides is 1. The number of halogens is 1. The van der Waals surface area contributed by atoms with E-state index in [2.05, 4.69) is 0 Å². The molecule has 5 nitrogen and oxygen atoms in total. The fraction of sp³-hybridized carbons (Fsp3) is 0.562. The molecule has 1 aromatic carbocycles. The summed E-state index contributed by atoms with van der Waals surface area (Å²) in [5.74, 6) is -0.712. The van der Waals surface area contributed by atoms with Crippen molar-refractivity contribution in [2.75, 3.05) is 32.9 Å². The second-order valence-corrected chi connectivity index (χ2v) is 6.05. The van der Waals surface area contributed by atoms with Crippen molar-refractivity contribution < 1.29 is 19.0 Å². The quantitative estimate of drug-likeness (QED) is 0.844. The Morgan fingerprint density at radius 2 is 2.14 bits per heavy atom. The van der Waals surface area contributed by atoms with E-state index in [0.29, 0.717) is 50.3 Å². The van der Waals surface area contributed by atoms with Gasteiger partial charge in [-0.3, -0.25) is 9.69 Å². The van der Waals surface area contributed by atoms with Gasteiger partial charge in [-0.2, -0.15) is 0 Å². The predicted octanol–water partition coefficient (Wildman–Crippen LogP) is 0.391. The van der Waals surface area contributed by atoms with E-state index in [1.54, 1.807) is 0 Å². The van der Waals surface area contributed by atoms with E-state index in [0.717, 1.165) is 5.56 Å². The average Bonchev–Trinajstić information content (AvgIpc) is 2.92. The molecule has 0 spiro atoms. The van der Waals surface area contributed by atoms with Crippen LogP contribution in [0.1, 0.15) is 22.7 Å². The van der Waals surface area contributed by atoms with Crippen LogP contribution in [0.25, 0.3) is 0 Å². The number of nitrogens with two attached hydrogens (primary N) is 1. The molecule has 0 saturated carbocycles. The van der Waals surface area contributed by atoms with Gasteiger partial charge in [-0.1, -0.05) is 6.07 Å². The second kappa shape index (κ2) is 6.32. The summed E-state index contributed by atoms with van der Waals surface area (Å²) in [6.07, 6.45) is 1.20. The van der Waals surface area contributed by atoms with Gasteiger partial charge in [0.05, 0.1) is 13.2 Å². The summed E-state index contributed by atoms with van der Waals surface area (Å²) >= 11 is 0. The Morgan fingerprint density at radius 3 is 2.77 bits per heavy atom. The van der Waals surface area contributed by atoms with Crippen molar-refractivity contribution in [1.82, 2.24) is 4.90 Å². The number of carbonyl (C=O) groups is 1. The van der Waals surface area contributed by atoms with Crippen LogP contribution in [-0.2, 0) is 22.4 Å². The van der Waals surface area contributed by atoms with Crippen molar-refractivity contribution in [3.8, 4) is 0 Å². The first-order valence-electron chi connectivity index (χ1n) is 7.63. The van der Waals surface area contributed by atoms with Crippen molar-refractivity contribution in [3.05, 3.63) is 34.6 Å². The monoisotopic (exact) mass is 308 g/mol. The minimum atomic E-state index is -0.628. The summed E-state index contributed by atoms with van der Waals surface area (Å²) in [5, 5.41) is 9.28. The van der Waals surface area contributed by atoms with E-state index in [-0.39, 0.29) is 18.3 Å². The highest BCUT2D eigenvalue weighted by molar-refractivity contribution is 5.81. The molecule has 2 unspecified atom stereocenters. The molecule has 0 bridgehead atoms. The minimum Gasteiger partial charge on any atom is -0.396 e. The number of rotatable bonds is 4. The Labute approximate surface area is 128 Å². The first-order chi connectivity index (χ1) is 10.6. The van der Waals surface area contributed by atoms with Gasteiger partial charge >= 0.3 is 0 Å². The van der Waals surface area contributed by atoms with Crippen molar-refractivity contribution in [2.24, 2.45) is 11.7 Å². The average molecular weight is 308 g/mol. The zero-order chi connectivity index (χ0) is 15.7. The topological polar surface area (TPSA) is 75.8 Å². The lowest BCUT2D eigenvalue weighted by Gasteiger charge is -2.33. The smallest absolute Gasteiger partial charge is 0.239 e. The number of ether oxygens (including phenoxy) is 1. The number of fused-ring (bicyclic) bond motifs is 1. The standard InChI is InChI=1S/C16H21FN2O3/c17-14-8-12(7-11-5-10(9-20)6-13(11)14)15(16(18)21)19-1-3-22-4-2-19/h7-8,10,15,20H,1-6,9H2,(H2,18,21). The molecule has 1 fully saturated rings. The van der Waals surface area contributed by atoms with E-state index in [9.17, 15) is 14.3 Å². The van der Waals surface area contributed by atoms with Gasteiger partial charge in [-0.05, 0) is 41.5 Å². The Bertz CT molecular complexity index is 573. The number of hydrogen-bond donors (Lipinski definition) is 2. The van der Waals surface area contributed by atoms with Crippen molar-refractivity contribution in [2.45, 2.75) is 18.9 Å².